The van der Waals surface area contributed by atoms with Crippen LogP contribution in [0.15, 0.2) is 66.0 Å². The van der Waals surface area contributed by atoms with Crippen LogP contribution in [-0.4, -0.2) is 16.6 Å². The Hall–Kier alpha value is -1.98. The van der Waals surface area contributed by atoms with Crippen molar-refractivity contribution >= 4 is 0 Å². The molecule has 3 aliphatic rings. The molecule has 28 heavy (non-hydrogen) atoms. The van der Waals surface area contributed by atoms with Crippen molar-refractivity contribution in [2.24, 2.45) is 30.7 Å². The molecule has 0 amide bonds. The first-order valence-corrected chi connectivity index (χ1v) is 10.8. The SMILES string of the molecule is CCC1=CC(CC)([C](C2(CC)C=C(CC)N=N2)C2(CC)C=C(CC)N=N2)N=N1. The van der Waals surface area contributed by atoms with Gasteiger partial charge in [-0.15, -0.1) is 0 Å². The molecule has 0 aromatic rings. The van der Waals surface area contributed by atoms with Crippen molar-refractivity contribution in [1.82, 2.24) is 0 Å². The van der Waals surface area contributed by atoms with Crippen LogP contribution in [-0.2, 0) is 0 Å². The number of allylic oxidation sites excluding steroid dienone is 3. The highest BCUT2D eigenvalue weighted by atomic mass is 15.3. The maximum atomic E-state index is 4.85. The van der Waals surface area contributed by atoms with Crippen molar-refractivity contribution in [3.63, 3.8) is 0 Å². The summed E-state index contributed by atoms with van der Waals surface area (Å²) >= 11 is 0. The molecule has 3 heterocycles. The lowest BCUT2D eigenvalue weighted by molar-refractivity contribution is 0.301. The van der Waals surface area contributed by atoms with E-state index in [2.05, 4.69) is 75.1 Å². The Morgan fingerprint density at radius 3 is 1.04 bits per heavy atom. The fourth-order valence-electron chi connectivity index (χ4n) is 4.52. The zero-order chi connectivity index (χ0) is 20.4. The van der Waals surface area contributed by atoms with Gasteiger partial charge in [0.05, 0.1) is 23.0 Å². The van der Waals surface area contributed by atoms with E-state index in [4.69, 9.17) is 15.3 Å². The van der Waals surface area contributed by atoms with Gasteiger partial charge in [-0.1, -0.05) is 41.5 Å². The Balaban J connectivity index is 2.25. The first kappa shape index (κ1) is 20.7. The molecule has 3 unspecified atom stereocenters. The summed E-state index contributed by atoms with van der Waals surface area (Å²) in [6.07, 6.45) is 11.7. The van der Waals surface area contributed by atoms with E-state index in [0.717, 1.165) is 61.5 Å². The van der Waals surface area contributed by atoms with Gasteiger partial charge in [0, 0.05) is 0 Å². The minimum absolute atomic E-state index is 0.533. The quantitative estimate of drug-likeness (QED) is 0.402. The third-order valence-corrected chi connectivity index (χ3v) is 6.29. The lowest BCUT2D eigenvalue weighted by Gasteiger charge is -2.47. The average Bonchev–Trinajstić information content (AvgIpc) is 3.46. The Morgan fingerprint density at radius 2 is 0.857 bits per heavy atom. The molecule has 3 aliphatic heterocycles. The van der Waals surface area contributed by atoms with Crippen molar-refractivity contribution in [3.05, 3.63) is 41.2 Å². The zero-order valence-corrected chi connectivity index (χ0v) is 18.2. The second-order valence-corrected chi connectivity index (χ2v) is 7.78. The molecular formula is C22H33N6. The fourth-order valence-corrected chi connectivity index (χ4v) is 4.52. The molecule has 6 heteroatoms. The lowest BCUT2D eigenvalue weighted by atomic mass is 9.59. The molecule has 0 aromatic carbocycles. The van der Waals surface area contributed by atoms with Crippen LogP contribution in [0.2, 0.25) is 0 Å². The summed E-state index contributed by atoms with van der Waals surface area (Å²) in [6.45, 7) is 12.9. The standard InChI is InChI=1S/C22H33N6/c1-7-16-13-20(10-4,26-23-16)19(21(11-5)14-17(8-2)24-27-21)22(12-6)15-18(9-3)25-28-22/h13-15H,7-12H2,1-6H3. The third kappa shape index (κ3) is 3.11. The summed E-state index contributed by atoms with van der Waals surface area (Å²) in [4.78, 5) is 0. The Kier molecular flexibility index (Phi) is 5.78. The molecule has 0 bridgehead atoms. The predicted molar refractivity (Wildman–Crippen MR) is 112 cm³/mol. The van der Waals surface area contributed by atoms with E-state index in [1.807, 2.05) is 0 Å². The van der Waals surface area contributed by atoms with Gasteiger partial charge in [-0.2, -0.15) is 30.7 Å². The second kappa shape index (κ2) is 7.80. The monoisotopic (exact) mass is 381 g/mol. The van der Waals surface area contributed by atoms with Crippen molar-refractivity contribution in [1.29, 1.82) is 0 Å². The van der Waals surface area contributed by atoms with E-state index in [-0.39, 0.29) is 0 Å². The van der Waals surface area contributed by atoms with Gasteiger partial charge in [-0.25, -0.2) is 0 Å². The topological polar surface area (TPSA) is 74.2 Å². The van der Waals surface area contributed by atoms with Gasteiger partial charge in [-0.05, 0) is 56.8 Å². The number of rotatable bonds is 9. The first-order chi connectivity index (χ1) is 13.5. The molecule has 0 saturated heterocycles. The van der Waals surface area contributed by atoms with Crippen LogP contribution in [0.4, 0.5) is 0 Å². The highest BCUT2D eigenvalue weighted by molar-refractivity contribution is 5.50. The second-order valence-electron chi connectivity index (χ2n) is 7.78. The number of nitrogens with zero attached hydrogens (tertiary/aromatic N) is 6. The summed E-state index contributed by atoms with van der Waals surface area (Å²) in [5.41, 5.74) is 1.49. The van der Waals surface area contributed by atoms with Gasteiger partial charge in [0.2, 0.25) is 0 Å². The zero-order valence-electron chi connectivity index (χ0n) is 18.2. The smallest absolute Gasteiger partial charge is 0.114 e. The van der Waals surface area contributed by atoms with E-state index >= 15 is 0 Å². The molecule has 0 saturated carbocycles. The van der Waals surface area contributed by atoms with E-state index in [9.17, 15) is 0 Å². The molecule has 6 nitrogen and oxygen atoms in total. The van der Waals surface area contributed by atoms with Crippen LogP contribution in [0, 0.1) is 5.92 Å². The molecule has 0 fully saturated rings. The summed E-state index contributed by atoms with van der Waals surface area (Å²) in [6, 6.07) is 0. The van der Waals surface area contributed by atoms with Crippen LogP contribution in [0.5, 0.6) is 0 Å². The fraction of sp³-hybridized carbons (Fsp3) is 0.682. The maximum Gasteiger partial charge on any atom is 0.114 e. The molecule has 151 valence electrons. The molecule has 1 radical (unpaired) electrons. The Morgan fingerprint density at radius 1 is 0.571 bits per heavy atom. The maximum absolute atomic E-state index is 4.85. The lowest BCUT2D eigenvalue weighted by Crippen LogP contribution is -2.55. The molecular weight excluding hydrogens is 348 g/mol. The van der Waals surface area contributed by atoms with Gasteiger partial charge in [0.1, 0.15) is 16.6 Å². The Labute approximate surface area is 169 Å². The molecule has 3 rings (SSSR count). The number of azo groups is 3. The summed E-state index contributed by atoms with van der Waals surface area (Å²) in [5, 5.41) is 28.1. The number of hydrogen-bond acceptors (Lipinski definition) is 6. The van der Waals surface area contributed by atoms with Gasteiger partial charge >= 0.3 is 0 Å². The van der Waals surface area contributed by atoms with Crippen LogP contribution >= 0.6 is 0 Å². The number of hydrogen-bond donors (Lipinski definition) is 0. The molecule has 0 aromatic heterocycles. The highest BCUT2D eigenvalue weighted by Crippen LogP contribution is 2.57. The molecule has 0 N–H and O–H groups in total. The first-order valence-electron chi connectivity index (χ1n) is 10.8. The van der Waals surface area contributed by atoms with Crippen molar-refractivity contribution in [2.75, 3.05) is 0 Å². The predicted octanol–water partition coefficient (Wildman–Crippen LogP) is 7.29. The molecule has 0 aliphatic carbocycles. The minimum Gasteiger partial charge on any atom is -0.177 e. The van der Waals surface area contributed by atoms with Crippen LogP contribution in [0.25, 0.3) is 0 Å². The van der Waals surface area contributed by atoms with Gasteiger partial charge in [-0.3, -0.25) is 0 Å². The molecule has 3 atom stereocenters. The average molecular weight is 382 g/mol. The summed E-state index contributed by atoms with van der Waals surface area (Å²) in [5.74, 6) is 1.16. The largest absolute Gasteiger partial charge is 0.177 e. The van der Waals surface area contributed by atoms with Gasteiger partial charge in [0.25, 0.3) is 0 Å². The highest BCUT2D eigenvalue weighted by Gasteiger charge is 2.61. The van der Waals surface area contributed by atoms with Crippen LogP contribution < -0.4 is 0 Å². The van der Waals surface area contributed by atoms with Crippen molar-refractivity contribution < 1.29 is 0 Å². The molecule has 0 spiro atoms. The van der Waals surface area contributed by atoms with E-state index in [1.54, 1.807) is 0 Å². The van der Waals surface area contributed by atoms with Crippen molar-refractivity contribution in [3.8, 4) is 0 Å². The normalized spacial score (nSPS) is 33.8. The van der Waals surface area contributed by atoms with E-state index < -0.39 is 16.6 Å². The van der Waals surface area contributed by atoms with Crippen LogP contribution in [0.1, 0.15) is 80.1 Å². The van der Waals surface area contributed by atoms with E-state index in [0.29, 0.717) is 0 Å². The summed E-state index contributed by atoms with van der Waals surface area (Å²) < 4.78 is 0. The summed E-state index contributed by atoms with van der Waals surface area (Å²) in [7, 11) is 0. The van der Waals surface area contributed by atoms with Crippen LogP contribution in [0.3, 0.4) is 0 Å². The third-order valence-electron chi connectivity index (χ3n) is 6.29. The van der Waals surface area contributed by atoms with Crippen molar-refractivity contribution in [2.45, 2.75) is 96.7 Å². The minimum atomic E-state index is -0.533. The van der Waals surface area contributed by atoms with E-state index in [1.165, 1.54) is 0 Å². The Bertz CT molecular complexity index is 684. The van der Waals surface area contributed by atoms with Gasteiger partial charge in [0.15, 0.2) is 0 Å². The van der Waals surface area contributed by atoms with Gasteiger partial charge < -0.3 is 0 Å².